The van der Waals surface area contributed by atoms with Crippen LogP contribution in [0.3, 0.4) is 0 Å². The van der Waals surface area contributed by atoms with Crippen LogP contribution in [0.1, 0.15) is 19.3 Å². The number of hydrogen-bond donors (Lipinski definition) is 0. The number of ether oxygens (including phenoxy) is 4. The summed E-state index contributed by atoms with van der Waals surface area (Å²) in [4.78, 5) is 49.9. The van der Waals surface area contributed by atoms with Gasteiger partial charge in [-0.1, -0.05) is 11.8 Å². The Morgan fingerprint density at radius 2 is 1.48 bits per heavy atom. The van der Waals surface area contributed by atoms with Gasteiger partial charge in [-0.05, 0) is 19.2 Å². The number of thioether (sulfide) groups is 1. The minimum absolute atomic E-state index is 0.496. The van der Waals surface area contributed by atoms with E-state index >= 15 is 0 Å². The molecule has 9 nitrogen and oxygen atoms in total. The molecule has 0 aliphatic carbocycles. The Hall–Kier alpha value is -2.75. The molecule has 2 heterocycles. The molecule has 2 aliphatic rings. The van der Waals surface area contributed by atoms with Crippen molar-refractivity contribution in [1.29, 1.82) is 0 Å². The summed E-state index contributed by atoms with van der Waals surface area (Å²) >= 11 is 0.575. The van der Waals surface area contributed by atoms with E-state index in [0.29, 0.717) is 11.8 Å². The zero-order valence-corrected chi connectivity index (χ0v) is 15.9. The zero-order chi connectivity index (χ0) is 23.9. The minimum Gasteiger partial charge on any atom is -0.466 e. The molecule has 1 unspecified atom stereocenters. The van der Waals surface area contributed by atoms with Gasteiger partial charge in [0.05, 0.1) is 41.0 Å². The highest BCUT2D eigenvalue weighted by molar-refractivity contribution is 8.03. The van der Waals surface area contributed by atoms with Crippen LogP contribution in [0.25, 0.3) is 0 Å². The van der Waals surface area contributed by atoms with Gasteiger partial charge in [0, 0.05) is 9.81 Å². The van der Waals surface area contributed by atoms with Crippen LogP contribution in [-0.4, -0.2) is 62.1 Å². The number of fused-ring (bicyclic) bond motifs is 1. The second-order valence-corrected chi connectivity index (χ2v) is 6.51. The number of allylic oxidation sites excluding steroid dienone is 1. The SMILES string of the molecule is [2H]C1=C(C([2H])([2H])[2H])N2C(C(=O)OC)=C(C(=O)OC)C(C(=O)OC)=C(C(=O)OC)C2(C)S1. The summed E-state index contributed by atoms with van der Waals surface area (Å²) in [5.41, 5.74) is -3.25. The van der Waals surface area contributed by atoms with Gasteiger partial charge < -0.3 is 23.8 Å². The van der Waals surface area contributed by atoms with E-state index in [2.05, 4.69) is 0 Å². The normalized spacial score (nSPS) is 24.4. The Kier molecular flexibility index (Phi) is 4.24. The molecule has 0 spiro atoms. The van der Waals surface area contributed by atoms with Crippen molar-refractivity contribution in [2.45, 2.75) is 18.6 Å². The van der Waals surface area contributed by atoms with Crippen LogP contribution < -0.4 is 0 Å². The first-order valence-electron chi connectivity index (χ1n) is 9.35. The van der Waals surface area contributed by atoms with Gasteiger partial charge in [0.25, 0.3) is 0 Å². The summed E-state index contributed by atoms with van der Waals surface area (Å²) in [5.74, 6) is -4.73. The maximum absolute atomic E-state index is 12.8. The van der Waals surface area contributed by atoms with E-state index in [1.165, 1.54) is 6.92 Å². The third-order valence-corrected chi connectivity index (χ3v) is 5.05. The number of esters is 4. The van der Waals surface area contributed by atoms with Crippen molar-refractivity contribution in [2.75, 3.05) is 28.4 Å². The van der Waals surface area contributed by atoms with Crippen molar-refractivity contribution in [2.24, 2.45) is 0 Å². The fraction of sp³-hybridized carbons (Fsp3) is 0.412. The molecule has 0 saturated heterocycles. The summed E-state index contributed by atoms with van der Waals surface area (Å²) in [6, 6.07) is 0. The summed E-state index contributed by atoms with van der Waals surface area (Å²) < 4.78 is 50.7. The molecule has 0 aromatic carbocycles. The lowest BCUT2D eigenvalue weighted by molar-refractivity contribution is -0.143. The number of rotatable bonds is 4. The lowest BCUT2D eigenvalue weighted by atomic mass is 9.87. The van der Waals surface area contributed by atoms with Crippen LogP contribution in [0, 0.1) is 0 Å². The van der Waals surface area contributed by atoms with Gasteiger partial charge in [0.1, 0.15) is 16.1 Å². The number of nitrogens with zero attached hydrogens (tertiary/aromatic N) is 1. The summed E-state index contributed by atoms with van der Waals surface area (Å²) in [6.45, 7) is -1.64. The second-order valence-electron chi connectivity index (χ2n) is 5.31. The molecule has 0 fully saturated rings. The van der Waals surface area contributed by atoms with Crippen LogP contribution in [0.4, 0.5) is 0 Å². The predicted molar refractivity (Wildman–Crippen MR) is 93.7 cm³/mol. The first kappa shape index (κ1) is 15.3. The average Bonchev–Trinajstić information content (AvgIpc) is 2.99. The molecule has 0 bridgehead atoms. The highest BCUT2D eigenvalue weighted by Crippen LogP contribution is 2.53. The Bertz CT molecular complexity index is 968. The molecule has 1 atom stereocenters. The topological polar surface area (TPSA) is 108 Å². The van der Waals surface area contributed by atoms with Crippen LogP contribution in [0.2, 0.25) is 0 Å². The third kappa shape index (κ3) is 2.99. The first-order valence-corrected chi connectivity index (χ1v) is 8.16. The standard InChI is InChI=1S/C17H19NO8S/c1-8-7-27-17(2)11(15(21)25-5)9(13(19)23-3)10(14(20)24-4)12(18(8)17)16(22)26-6/h7H,1-6H3/i1D3,7D. The zero-order valence-electron chi connectivity index (χ0n) is 19.1. The van der Waals surface area contributed by atoms with Gasteiger partial charge in [-0.25, -0.2) is 19.2 Å². The third-order valence-electron chi connectivity index (χ3n) is 3.97. The van der Waals surface area contributed by atoms with Crippen molar-refractivity contribution in [1.82, 2.24) is 4.90 Å². The Morgan fingerprint density at radius 3 is 1.96 bits per heavy atom. The summed E-state index contributed by atoms with van der Waals surface area (Å²) in [5, 5.41) is -0.513. The van der Waals surface area contributed by atoms with Gasteiger partial charge in [0.15, 0.2) is 0 Å². The van der Waals surface area contributed by atoms with Crippen molar-refractivity contribution >= 4 is 35.6 Å². The second kappa shape index (κ2) is 7.47. The molecule has 0 saturated carbocycles. The lowest BCUT2D eigenvalue weighted by Gasteiger charge is -2.43. The lowest BCUT2D eigenvalue weighted by Crippen LogP contribution is -2.50. The molecule has 146 valence electrons. The van der Waals surface area contributed by atoms with E-state index in [0.717, 1.165) is 33.3 Å². The Balaban J connectivity index is 3.16. The minimum atomic E-state index is -2.94. The van der Waals surface area contributed by atoms with Gasteiger partial charge in [0.2, 0.25) is 0 Å². The molecule has 0 amide bonds. The van der Waals surface area contributed by atoms with E-state index in [1.807, 2.05) is 0 Å². The Morgan fingerprint density at radius 1 is 0.963 bits per heavy atom. The molecule has 0 radical (unpaired) electrons. The predicted octanol–water partition coefficient (Wildman–Crippen LogP) is 0.869. The maximum Gasteiger partial charge on any atom is 0.355 e. The van der Waals surface area contributed by atoms with Gasteiger partial charge in [-0.2, -0.15) is 0 Å². The molecular weight excluding hydrogens is 378 g/mol. The van der Waals surface area contributed by atoms with Crippen molar-refractivity contribution in [3.8, 4) is 0 Å². The maximum atomic E-state index is 12.8. The molecule has 2 rings (SSSR count). The molecule has 27 heavy (non-hydrogen) atoms. The largest absolute Gasteiger partial charge is 0.466 e. The van der Waals surface area contributed by atoms with Crippen molar-refractivity contribution < 1.29 is 43.6 Å². The number of methoxy groups -OCH3 is 4. The molecule has 0 aromatic heterocycles. The molecule has 0 aromatic rings. The molecular formula is C17H19NO8S. The van der Waals surface area contributed by atoms with E-state index < -0.39 is 69.1 Å². The van der Waals surface area contributed by atoms with Crippen LogP contribution in [0.5, 0.6) is 0 Å². The van der Waals surface area contributed by atoms with E-state index in [9.17, 15) is 19.2 Å². The molecule has 10 heteroatoms. The highest BCUT2D eigenvalue weighted by Gasteiger charge is 2.55. The molecule has 0 N–H and O–H groups in total. The van der Waals surface area contributed by atoms with Gasteiger partial charge in [-0.15, -0.1) is 0 Å². The summed E-state index contributed by atoms with van der Waals surface area (Å²) in [6.07, 6.45) is 0. The number of hydrogen-bond acceptors (Lipinski definition) is 10. The molecule has 2 aliphatic heterocycles. The van der Waals surface area contributed by atoms with Crippen LogP contribution >= 0.6 is 11.8 Å². The quantitative estimate of drug-likeness (QED) is 0.497. The van der Waals surface area contributed by atoms with E-state index in [-0.39, 0.29) is 0 Å². The van der Waals surface area contributed by atoms with Crippen LogP contribution in [-0.2, 0) is 38.1 Å². The number of carbonyl (C=O) groups excluding carboxylic acids is 4. The van der Waals surface area contributed by atoms with Crippen LogP contribution in [0.15, 0.2) is 33.5 Å². The monoisotopic (exact) mass is 401 g/mol. The Labute approximate surface area is 165 Å². The van der Waals surface area contributed by atoms with Gasteiger partial charge in [-0.3, -0.25) is 0 Å². The summed E-state index contributed by atoms with van der Waals surface area (Å²) in [7, 11) is 3.92. The average molecular weight is 401 g/mol. The van der Waals surface area contributed by atoms with E-state index in [4.69, 9.17) is 24.4 Å². The van der Waals surface area contributed by atoms with Crippen molar-refractivity contribution in [3.05, 3.63) is 33.5 Å². The highest BCUT2D eigenvalue weighted by atomic mass is 32.2. The van der Waals surface area contributed by atoms with Crippen molar-refractivity contribution in [3.63, 3.8) is 0 Å². The fourth-order valence-electron chi connectivity index (χ4n) is 2.82. The van der Waals surface area contributed by atoms with E-state index in [1.54, 1.807) is 0 Å². The fourth-order valence-corrected chi connectivity index (χ4v) is 3.77. The smallest absolute Gasteiger partial charge is 0.355 e. The number of carbonyl (C=O) groups is 4. The van der Waals surface area contributed by atoms with Gasteiger partial charge >= 0.3 is 23.9 Å². The first-order chi connectivity index (χ1) is 14.3.